The minimum absolute atomic E-state index is 0.100. The number of thiazole rings is 1. The van der Waals surface area contributed by atoms with Gasteiger partial charge in [0.1, 0.15) is 11.6 Å². The lowest BCUT2D eigenvalue weighted by atomic mass is 10.1. The molecule has 1 aromatic heterocycles. The number of benzene rings is 1. The van der Waals surface area contributed by atoms with Gasteiger partial charge in [0, 0.05) is 6.61 Å². The van der Waals surface area contributed by atoms with E-state index in [1.54, 1.807) is 6.92 Å². The van der Waals surface area contributed by atoms with Crippen molar-refractivity contribution in [3.05, 3.63) is 29.3 Å². The molecule has 124 valence electrons. The molecule has 0 radical (unpaired) electrons. The fourth-order valence-electron chi connectivity index (χ4n) is 2.49. The highest BCUT2D eigenvalue weighted by Gasteiger charge is 2.20. The van der Waals surface area contributed by atoms with E-state index in [9.17, 15) is 4.79 Å². The molecular formula is C17H21NO4S. The third-order valence-electron chi connectivity index (χ3n) is 3.81. The van der Waals surface area contributed by atoms with Crippen molar-refractivity contribution in [2.24, 2.45) is 0 Å². The van der Waals surface area contributed by atoms with Crippen molar-refractivity contribution in [2.75, 3.05) is 13.2 Å². The average molecular weight is 335 g/mol. The lowest BCUT2D eigenvalue weighted by molar-refractivity contribution is -0.160. The first kappa shape index (κ1) is 16.4. The van der Waals surface area contributed by atoms with Gasteiger partial charge in [0.2, 0.25) is 0 Å². The highest BCUT2D eigenvalue weighted by Crippen LogP contribution is 2.22. The second kappa shape index (κ2) is 7.86. The molecule has 23 heavy (non-hydrogen) atoms. The van der Waals surface area contributed by atoms with Crippen LogP contribution >= 0.6 is 11.3 Å². The molecule has 1 fully saturated rings. The number of para-hydroxylation sites is 1. The Labute approximate surface area is 139 Å². The molecule has 1 aromatic carbocycles. The van der Waals surface area contributed by atoms with Gasteiger partial charge >= 0.3 is 5.97 Å². The Kier molecular flexibility index (Phi) is 5.59. The van der Waals surface area contributed by atoms with Gasteiger partial charge in [0.05, 0.1) is 22.9 Å². The molecule has 0 bridgehead atoms. The second-order valence-corrected chi connectivity index (χ2v) is 6.76. The molecule has 1 aliphatic heterocycles. The van der Waals surface area contributed by atoms with E-state index in [1.165, 1.54) is 11.3 Å². The Balaban J connectivity index is 1.44. The quantitative estimate of drug-likeness (QED) is 0.758. The number of hydrogen-bond donors (Lipinski definition) is 0. The molecule has 3 rings (SSSR count). The van der Waals surface area contributed by atoms with Crippen molar-refractivity contribution >= 4 is 27.5 Å². The summed E-state index contributed by atoms with van der Waals surface area (Å²) in [7, 11) is 0. The highest BCUT2D eigenvalue weighted by molar-refractivity contribution is 7.18. The van der Waals surface area contributed by atoms with Crippen LogP contribution in [0.15, 0.2) is 24.3 Å². The number of carbonyl (C=O) groups excluding carboxylic acids is 1. The lowest BCUT2D eigenvalue weighted by Crippen LogP contribution is -2.30. The topological polar surface area (TPSA) is 57.7 Å². The summed E-state index contributed by atoms with van der Waals surface area (Å²) in [5.41, 5.74) is 0.933. The molecule has 2 aromatic rings. The predicted octanol–water partition coefficient (Wildman–Crippen LogP) is 3.31. The maximum atomic E-state index is 12.0. The molecule has 2 unspecified atom stereocenters. The molecule has 0 aliphatic carbocycles. The van der Waals surface area contributed by atoms with E-state index < -0.39 is 6.10 Å². The first-order valence-corrected chi connectivity index (χ1v) is 8.78. The van der Waals surface area contributed by atoms with E-state index in [0.717, 1.165) is 41.1 Å². The van der Waals surface area contributed by atoms with Gasteiger partial charge in [0.15, 0.2) is 6.10 Å². The number of hydrogen-bond acceptors (Lipinski definition) is 6. The molecule has 1 aliphatic rings. The molecule has 2 heterocycles. The third kappa shape index (κ3) is 4.50. The molecule has 0 amide bonds. The number of esters is 1. The Morgan fingerprint density at radius 2 is 2.30 bits per heavy atom. The van der Waals surface area contributed by atoms with Crippen LogP contribution in [0.2, 0.25) is 0 Å². The predicted molar refractivity (Wildman–Crippen MR) is 88.4 cm³/mol. The zero-order valence-electron chi connectivity index (χ0n) is 13.2. The number of fused-ring (bicyclic) bond motifs is 1. The van der Waals surface area contributed by atoms with Crippen LogP contribution in [-0.2, 0) is 25.6 Å². The number of ether oxygens (including phenoxy) is 3. The minimum atomic E-state index is -0.588. The fraction of sp³-hybridized carbons (Fsp3) is 0.529. The van der Waals surface area contributed by atoms with E-state index in [-0.39, 0.29) is 18.7 Å². The van der Waals surface area contributed by atoms with E-state index in [4.69, 9.17) is 14.2 Å². The summed E-state index contributed by atoms with van der Waals surface area (Å²) in [4.78, 5) is 16.4. The maximum Gasteiger partial charge on any atom is 0.335 e. The van der Waals surface area contributed by atoms with Crippen molar-refractivity contribution in [1.29, 1.82) is 0 Å². The minimum Gasteiger partial charge on any atom is -0.456 e. The summed E-state index contributed by atoms with van der Waals surface area (Å²) in [6.45, 7) is 3.12. The Hall–Kier alpha value is -1.50. The maximum absolute atomic E-state index is 12.0. The lowest BCUT2D eigenvalue weighted by Gasteiger charge is -2.23. The van der Waals surface area contributed by atoms with E-state index in [2.05, 4.69) is 4.98 Å². The van der Waals surface area contributed by atoms with Gasteiger partial charge in [-0.15, -0.1) is 11.3 Å². The second-order valence-electron chi connectivity index (χ2n) is 5.65. The fourth-order valence-corrected chi connectivity index (χ4v) is 3.37. The number of rotatable bonds is 6. The van der Waals surface area contributed by atoms with Crippen LogP contribution < -0.4 is 0 Å². The zero-order valence-corrected chi connectivity index (χ0v) is 14.0. The average Bonchev–Trinajstić information content (AvgIpc) is 3.01. The van der Waals surface area contributed by atoms with Crippen LogP contribution in [-0.4, -0.2) is 36.4 Å². The third-order valence-corrected chi connectivity index (χ3v) is 4.82. The van der Waals surface area contributed by atoms with Gasteiger partial charge in [0.25, 0.3) is 0 Å². The monoisotopic (exact) mass is 335 g/mol. The first-order chi connectivity index (χ1) is 11.2. The molecule has 1 saturated heterocycles. The van der Waals surface area contributed by atoms with Crippen molar-refractivity contribution in [3.63, 3.8) is 0 Å². The molecule has 0 saturated carbocycles. The summed E-state index contributed by atoms with van der Waals surface area (Å²) >= 11 is 1.54. The highest BCUT2D eigenvalue weighted by atomic mass is 32.1. The van der Waals surface area contributed by atoms with E-state index in [0.29, 0.717) is 6.61 Å². The van der Waals surface area contributed by atoms with Crippen molar-refractivity contribution in [3.8, 4) is 0 Å². The standard InChI is InChI=1S/C17H21NO4S/c1-12(21-10-13-6-4-5-9-20-13)17(19)22-11-16-18-14-7-2-3-8-15(14)23-16/h2-3,7-8,12-13H,4-6,9-11H2,1H3. The summed E-state index contributed by atoms with van der Waals surface area (Å²) < 4.78 is 17.6. The Bertz CT molecular complexity index is 618. The molecule has 6 heteroatoms. The Morgan fingerprint density at radius 3 is 3.09 bits per heavy atom. The summed E-state index contributed by atoms with van der Waals surface area (Å²) in [5, 5.41) is 0.794. The summed E-state index contributed by atoms with van der Waals surface area (Å²) in [6.07, 6.45) is 2.77. The molecule has 2 atom stereocenters. The molecule has 0 spiro atoms. The van der Waals surface area contributed by atoms with Crippen molar-refractivity contribution in [1.82, 2.24) is 4.98 Å². The van der Waals surface area contributed by atoms with Crippen LogP contribution in [0.3, 0.4) is 0 Å². The SMILES string of the molecule is CC(OCC1CCCCO1)C(=O)OCc1nc2ccccc2s1. The summed E-state index contributed by atoms with van der Waals surface area (Å²) in [6, 6.07) is 7.88. The van der Waals surface area contributed by atoms with Gasteiger partial charge in [-0.1, -0.05) is 12.1 Å². The van der Waals surface area contributed by atoms with Gasteiger partial charge < -0.3 is 14.2 Å². The largest absolute Gasteiger partial charge is 0.456 e. The number of nitrogens with zero attached hydrogens (tertiary/aromatic N) is 1. The van der Waals surface area contributed by atoms with Crippen LogP contribution in [0.25, 0.3) is 10.2 Å². The van der Waals surface area contributed by atoms with Crippen molar-refractivity contribution in [2.45, 2.75) is 45.0 Å². The van der Waals surface area contributed by atoms with Crippen LogP contribution in [0.5, 0.6) is 0 Å². The van der Waals surface area contributed by atoms with Gasteiger partial charge in [-0.05, 0) is 38.3 Å². The van der Waals surface area contributed by atoms with Gasteiger partial charge in [-0.25, -0.2) is 9.78 Å². The van der Waals surface area contributed by atoms with E-state index >= 15 is 0 Å². The van der Waals surface area contributed by atoms with Gasteiger partial charge in [-0.3, -0.25) is 0 Å². The van der Waals surface area contributed by atoms with Crippen LogP contribution in [0.4, 0.5) is 0 Å². The first-order valence-electron chi connectivity index (χ1n) is 7.96. The Morgan fingerprint density at radius 1 is 1.43 bits per heavy atom. The summed E-state index contributed by atoms with van der Waals surface area (Å²) in [5.74, 6) is -0.361. The van der Waals surface area contributed by atoms with Crippen molar-refractivity contribution < 1.29 is 19.0 Å². The molecular weight excluding hydrogens is 314 g/mol. The molecule has 5 nitrogen and oxygen atoms in total. The smallest absolute Gasteiger partial charge is 0.335 e. The van der Waals surface area contributed by atoms with Gasteiger partial charge in [-0.2, -0.15) is 0 Å². The number of carbonyl (C=O) groups is 1. The molecule has 0 N–H and O–H groups in total. The van der Waals surface area contributed by atoms with E-state index in [1.807, 2.05) is 24.3 Å². The van der Waals surface area contributed by atoms with Crippen LogP contribution in [0.1, 0.15) is 31.2 Å². The zero-order chi connectivity index (χ0) is 16.1. The normalized spacial score (nSPS) is 19.6. The number of aromatic nitrogens is 1. The van der Waals surface area contributed by atoms with Crippen LogP contribution in [0, 0.1) is 0 Å².